The first-order valence-corrected chi connectivity index (χ1v) is 6.58. The van der Waals surface area contributed by atoms with Crippen molar-refractivity contribution in [3.05, 3.63) is 23.5 Å². The second kappa shape index (κ2) is 4.44. The predicted molar refractivity (Wildman–Crippen MR) is 65.0 cm³/mol. The molecule has 0 aliphatic carbocycles. The van der Waals surface area contributed by atoms with Crippen LogP contribution >= 0.6 is 0 Å². The summed E-state index contributed by atoms with van der Waals surface area (Å²) in [6.45, 7) is 0.902. The third-order valence-electron chi connectivity index (χ3n) is 2.42. The minimum Gasteiger partial charge on any atom is -0.506 e. The molecule has 1 aromatic rings. The van der Waals surface area contributed by atoms with E-state index in [1.54, 1.807) is 4.72 Å². The molecule has 0 aromatic heterocycles. The maximum atomic E-state index is 14.1. The molecule has 6 nitrogen and oxygen atoms in total. The van der Waals surface area contributed by atoms with Crippen molar-refractivity contribution in [2.24, 2.45) is 0 Å². The summed E-state index contributed by atoms with van der Waals surface area (Å²) in [5, 5.41) is 9.63. The van der Waals surface area contributed by atoms with Gasteiger partial charge in [-0.2, -0.15) is 8.42 Å². The molecule has 100 valence electrons. The summed E-state index contributed by atoms with van der Waals surface area (Å²) in [6, 6.07) is 2.35. The van der Waals surface area contributed by atoms with Crippen LogP contribution in [-0.4, -0.2) is 26.0 Å². The molecule has 2 rings (SSSR count). The van der Waals surface area contributed by atoms with Crippen molar-refractivity contribution in [3.8, 4) is 17.6 Å². The van der Waals surface area contributed by atoms with E-state index in [1.165, 1.54) is 13.0 Å². The fourth-order valence-electron chi connectivity index (χ4n) is 1.67. The van der Waals surface area contributed by atoms with Crippen LogP contribution in [0.5, 0.6) is 5.75 Å². The first kappa shape index (κ1) is 13.2. The summed E-state index contributed by atoms with van der Waals surface area (Å²) in [5.74, 6) is 2.54. The molecule has 1 amide bonds. The zero-order valence-corrected chi connectivity index (χ0v) is 10.6. The highest BCUT2D eigenvalue weighted by atomic mass is 32.2. The van der Waals surface area contributed by atoms with E-state index in [4.69, 9.17) is 0 Å². The van der Waals surface area contributed by atoms with E-state index in [0.29, 0.717) is 4.31 Å². The second-order valence-corrected chi connectivity index (χ2v) is 5.30. The Morgan fingerprint density at radius 3 is 2.68 bits per heavy atom. The van der Waals surface area contributed by atoms with Crippen LogP contribution in [0.25, 0.3) is 0 Å². The van der Waals surface area contributed by atoms with E-state index in [0.717, 1.165) is 6.07 Å². The van der Waals surface area contributed by atoms with Crippen molar-refractivity contribution < 1.29 is 22.7 Å². The van der Waals surface area contributed by atoms with Gasteiger partial charge in [0.2, 0.25) is 0 Å². The highest BCUT2D eigenvalue weighted by molar-refractivity contribution is 7.92. The molecule has 2 N–H and O–H groups in total. The van der Waals surface area contributed by atoms with E-state index < -0.39 is 39.9 Å². The zero-order chi connectivity index (χ0) is 14.2. The smallest absolute Gasteiger partial charge is 0.326 e. The van der Waals surface area contributed by atoms with Crippen molar-refractivity contribution in [2.45, 2.75) is 6.92 Å². The Hall–Kier alpha value is -2.27. The van der Waals surface area contributed by atoms with Gasteiger partial charge in [0.1, 0.15) is 18.0 Å². The van der Waals surface area contributed by atoms with Crippen molar-refractivity contribution in [1.82, 2.24) is 4.72 Å². The minimum atomic E-state index is -4.18. The van der Waals surface area contributed by atoms with Crippen LogP contribution in [0.4, 0.5) is 10.1 Å². The molecule has 1 aliphatic rings. The Balaban J connectivity index is 2.65. The third kappa shape index (κ3) is 2.20. The van der Waals surface area contributed by atoms with Gasteiger partial charge in [-0.15, -0.1) is 5.92 Å². The lowest BCUT2D eigenvalue weighted by Crippen LogP contribution is -2.30. The molecule has 0 saturated carbocycles. The number of aromatic hydroxyl groups is 1. The van der Waals surface area contributed by atoms with Gasteiger partial charge >= 0.3 is 10.2 Å². The van der Waals surface area contributed by atoms with Gasteiger partial charge < -0.3 is 5.11 Å². The SMILES string of the molecule is CC#Cc1ccc(O)c(N2CC(=O)NS2(=O)=O)c1F. The van der Waals surface area contributed by atoms with Gasteiger partial charge in [0, 0.05) is 0 Å². The molecule has 1 aromatic carbocycles. The quantitative estimate of drug-likeness (QED) is 0.715. The average Bonchev–Trinajstić information content (AvgIpc) is 2.57. The summed E-state index contributed by atoms with van der Waals surface area (Å²) >= 11 is 0. The predicted octanol–water partition coefficient (Wildman–Crippen LogP) is 0.0837. The summed E-state index contributed by atoms with van der Waals surface area (Å²) in [6.07, 6.45) is 0. The second-order valence-electron chi connectivity index (χ2n) is 3.71. The molecule has 1 fully saturated rings. The van der Waals surface area contributed by atoms with Crippen LogP contribution in [0.3, 0.4) is 0 Å². The minimum absolute atomic E-state index is 0.0650. The normalized spacial score (nSPS) is 16.7. The molecule has 1 saturated heterocycles. The lowest BCUT2D eigenvalue weighted by molar-refractivity contribution is -0.117. The van der Waals surface area contributed by atoms with Crippen LogP contribution in [0.1, 0.15) is 12.5 Å². The number of rotatable bonds is 1. The highest BCUT2D eigenvalue weighted by Gasteiger charge is 2.37. The Morgan fingerprint density at radius 1 is 1.47 bits per heavy atom. The van der Waals surface area contributed by atoms with E-state index in [2.05, 4.69) is 11.8 Å². The van der Waals surface area contributed by atoms with Gasteiger partial charge in [0.15, 0.2) is 5.82 Å². The van der Waals surface area contributed by atoms with Crippen LogP contribution in [0.15, 0.2) is 12.1 Å². The standard InChI is InChI=1S/C11H9FN2O4S/c1-2-3-7-4-5-8(15)11(10(7)12)14-6-9(16)13-19(14,17)18/h4-5,15H,6H2,1H3,(H,13,16). The number of hydrogen-bond acceptors (Lipinski definition) is 4. The number of amides is 1. The molecule has 8 heteroatoms. The molecule has 1 aliphatic heterocycles. The number of halogens is 1. The number of carbonyl (C=O) groups excluding carboxylic acids is 1. The Labute approximate surface area is 109 Å². The molecular formula is C11H9FN2O4S. The average molecular weight is 284 g/mol. The van der Waals surface area contributed by atoms with Crippen LogP contribution < -0.4 is 9.03 Å². The Bertz CT molecular complexity index is 718. The largest absolute Gasteiger partial charge is 0.506 e. The number of phenols is 1. The number of phenolic OH excluding ortho intramolecular Hbond substituents is 1. The summed E-state index contributed by atoms with van der Waals surface area (Å²) in [5.41, 5.74) is -0.650. The van der Waals surface area contributed by atoms with Crippen molar-refractivity contribution in [2.75, 3.05) is 10.8 Å². The van der Waals surface area contributed by atoms with Gasteiger partial charge in [-0.25, -0.2) is 13.4 Å². The van der Waals surface area contributed by atoms with Gasteiger partial charge in [-0.1, -0.05) is 5.92 Å². The van der Waals surface area contributed by atoms with E-state index in [9.17, 15) is 22.7 Å². The molecule has 0 radical (unpaired) electrons. The molecule has 0 spiro atoms. The fraction of sp³-hybridized carbons (Fsp3) is 0.182. The number of benzene rings is 1. The number of nitrogens with one attached hydrogen (secondary N) is 1. The highest BCUT2D eigenvalue weighted by Crippen LogP contribution is 2.34. The van der Waals surface area contributed by atoms with Crippen LogP contribution in [0.2, 0.25) is 0 Å². The van der Waals surface area contributed by atoms with Crippen LogP contribution in [0, 0.1) is 17.7 Å². The van der Waals surface area contributed by atoms with Crippen molar-refractivity contribution in [1.29, 1.82) is 0 Å². The fourth-order valence-corrected chi connectivity index (χ4v) is 2.83. The molecular weight excluding hydrogens is 275 g/mol. The maximum absolute atomic E-state index is 14.1. The zero-order valence-electron chi connectivity index (χ0n) is 9.77. The van der Waals surface area contributed by atoms with Crippen molar-refractivity contribution in [3.63, 3.8) is 0 Å². The molecule has 0 bridgehead atoms. The topological polar surface area (TPSA) is 86.7 Å². The van der Waals surface area contributed by atoms with Gasteiger partial charge in [0.05, 0.1) is 5.56 Å². The third-order valence-corrected chi connectivity index (χ3v) is 3.80. The summed E-state index contributed by atoms with van der Waals surface area (Å²) < 4.78 is 39.6. The molecule has 0 unspecified atom stereocenters. The number of nitrogens with zero attached hydrogens (tertiary/aromatic N) is 1. The maximum Gasteiger partial charge on any atom is 0.326 e. The first-order valence-electron chi connectivity index (χ1n) is 5.14. The number of carbonyl (C=O) groups is 1. The van der Waals surface area contributed by atoms with Gasteiger partial charge in [-0.3, -0.25) is 4.79 Å². The molecule has 1 heterocycles. The monoisotopic (exact) mass is 284 g/mol. The van der Waals surface area contributed by atoms with Gasteiger partial charge in [0.25, 0.3) is 5.91 Å². The lowest BCUT2D eigenvalue weighted by atomic mass is 10.1. The van der Waals surface area contributed by atoms with E-state index in [-0.39, 0.29) is 5.56 Å². The molecule has 0 atom stereocenters. The number of hydrogen-bond donors (Lipinski definition) is 2. The first-order chi connectivity index (χ1) is 8.86. The lowest BCUT2D eigenvalue weighted by Gasteiger charge is -2.17. The van der Waals surface area contributed by atoms with E-state index >= 15 is 0 Å². The Kier molecular flexibility index (Phi) is 3.08. The summed E-state index contributed by atoms with van der Waals surface area (Å²) in [7, 11) is -4.18. The number of anilines is 1. The van der Waals surface area contributed by atoms with E-state index in [1.807, 2.05) is 0 Å². The summed E-state index contributed by atoms with van der Waals surface area (Å²) in [4.78, 5) is 11.1. The Morgan fingerprint density at radius 2 is 2.16 bits per heavy atom. The van der Waals surface area contributed by atoms with Crippen LogP contribution in [-0.2, 0) is 15.0 Å². The van der Waals surface area contributed by atoms with Crippen molar-refractivity contribution >= 4 is 21.8 Å². The van der Waals surface area contributed by atoms with Gasteiger partial charge in [-0.05, 0) is 19.1 Å². The molecule has 19 heavy (non-hydrogen) atoms.